The first-order valence-electron chi connectivity index (χ1n) is 9.40. The van der Waals surface area contributed by atoms with E-state index in [1.165, 1.54) is 5.56 Å². The Morgan fingerprint density at radius 1 is 1.25 bits per heavy atom. The van der Waals surface area contributed by atoms with Gasteiger partial charge in [0.25, 0.3) is 0 Å². The van der Waals surface area contributed by atoms with Crippen LogP contribution >= 0.6 is 11.6 Å². The smallest absolute Gasteiger partial charge is 0.223 e. The number of carbonyl (C=O) groups excluding carboxylic acids is 1. The summed E-state index contributed by atoms with van der Waals surface area (Å²) in [5.74, 6) is 0.968. The molecule has 0 aliphatic carbocycles. The van der Waals surface area contributed by atoms with Crippen LogP contribution in [-0.2, 0) is 17.9 Å². The highest BCUT2D eigenvalue weighted by Crippen LogP contribution is 2.21. The molecule has 1 N–H and O–H groups in total. The second-order valence-electron chi connectivity index (χ2n) is 7.03. The molecule has 2 aromatic carbocycles. The molecule has 3 rings (SSSR count). The van der Waals surface area contributed by atoms with Crippen LogP contribution in [0, 0.1) is 17.2 Å². The van der Waals surface area contributed by atoms with Gasteiger partial charge in [-0.2, -0.15) is 5.26 Å². The van der Waals surface area contributed by atoms with E-state index in [4.69, 9.17) is 21.6 Å². The van der Waals surface area contributed by atoms with Crippen molar-refractivity contribution < 1.29 is 9.53 Å². The maximum absolute atomic E-state index is 12.5. The van der Waals surface area contributed by atoms with Gasteiger partial charge in [0.15, 0.2) is 0 Å². The van der Waals surface area contributed by atoms with E-state index in [0.717, 1.165) is 43.8 Å². The Hall–Kier alpha value is -2.55. The Balaban J connectivity index is 1.45. The number of halogens is 1. The normalized spacial score (nSPS) is 15.0. The molecule has 5 nitrogen and oxygen atoms in total. The van der Waals surface area contributed by atoms with Gasteiger partial charge in [0, 0.05) is 24.0 Å². The number of amides is 1. The average molecular weight is 398 g/mol. The number of hydrogen-bond acceptors (Lipinski definition) is 4. The monoisotopic (exact) mass is 397 g/mol. The Labute approximate surface area is 170 Å². The van der Waals surface area contributed by atoms with Crippen LogP contribution in [0.4, 0.5) is 0 Å². The number of benzene rings is 2. The van der Waals surface area contributed by atoms with Crippen LogP contribution in [0.3, 0.4) is 0 Å². The molecule has 0 atom stereocenters. The van der Waals surface area contributed by atoms with E-state index >= 15 is 0 Å². The van der Waals surface area contributed by atoms with Crippen molar-refractivity contribution in [2.45, 2.75) is 25.9 Å². The number of hydrogen-bond donors (Lipinski definition) is 1. The average Bonchev–Trinajstić information content (AvgIpc) is 2.73. The van der Waals surface area contributed by atoms with Crippen LogP contribution in [-0.4, -0.2) is 31.0 Å². The molecule has 0 saturated carbocycles. The molecule has 0 unspecified atom stereocenters. The first-order valence-corrected chi connectivity index (χ1v) is 9.78. The summed E-state index contributed by atoms with van der Waals surface area (Å²) in [7, 11) is 1.67. The lowest BCUT2D eigenvalue weighted by atomic mass is 9.95. The summed E-state index contributed by atoms with van der Waals surface area (Å²) >= 11 is 6.18. The van der Waals surface area contributed by atoms with Gasteiger partial charge in [0.2, 0.25) is 5.91 Å². The fourth-order valence-electron chi connectivity index (χ4n) is 3.43. The van der Waals surface area contributed by atoms with Crippen molar-refractivity contribution in [1.82, 2.24) is 10.2 Å². The fraction of sp³-hybridized carbons (Fsp3) is 0.364. The van der Waals surface area contributed by atoms with E-state index in [2.05, 4.69) is 28.4 Å². The van der Waals surface area contributed by atoms with Crippen molar-refractivity contribution in [1.29, 1.82) is 5.26 Å². The number of likely N-dealkylation sites (tertiary alicyclic amines) is 1. The minimum atomic E-state index is 0.0317. The number of ether oxygens (including phenoxy) is 1. The molecular formula is C22H24ClN3O2. The van der Waals surface area contributed by atoms with E-state index in [1.54, 1.807) is 25.3 Å². The number of nitrogens with zero attached hydrogens (tertiary/aromatic N) is 2. The zero-order valence-corrected chi connectivity index (χ0v) is 16.7. The SMILES string of the molecule is COc1ccc(CN2CCC(C(=O)NCc3ccc(C#N)cc3Cl)CC2)cc1. The van der Waals surface area contributed by atoms with Crippen LogP contribution in [0.1, 0.15) is 29.5 Å². The zero-order chi connectivity index (χ0) is 19.9. The van der Waals surface area contributed by atoms with Gasteiger partial charge < -0.3 is 10.1 Å². The van der Waals surface area contributed by atoms with Gasteiger partial charge in [-0.25, -0.2) is 0 Å². The topological polar surface area (TPSA) is 65.4 Å². The number of nitriles is 1. The van der Waals surface area contributed by atoms with Gasteiger partial charge in [-0.05, 0) is 61.3 Å². The Bertz CT molecular complexity index is 853. The molecule has 28 heavy (non-hydrogen) atoms. The van der Waals surface area contributed by atoms with Crippen LogP contribution < -0.4 is 10.1 Å². The summed E-state index contributed by atoms with van der Waals surface area (Å²) in [5.41, 5.74) is 2.59. The molecule has 1 saturated heterocycles. The lowest BCUT2D eigenvalue weighted by Crippen LogP contribution is -2.40. The highest BCUT2D eigenvalue weighted by atomic mass is 35.5. The van der Waals surface area contributed by atoms with Crippen LogP contribution in [0.2, 0.25) is 5.02 Å². The number of rotatable bonds is 6. The van der Waals surface area contributed by atoms with E-state index in [9.17, 15) is 4.79 Å². The second-order valence-corrected chi connectivity index (χ2v) is 7.44. The van der Waals surface area contributed by atoms with Crippen molar-refractivity contribution in [3.05, 3.63) is 64.2 Å². The summed E-state index contributed by atoms with van der Waals surface area (Å²) in [6.07, 6.45) is 1.70. The van der Waals surface area contributed by atoms with E-state index in [-0.39, 0.29) is 11.8 Å². The predicted octanol–water partition coefficient (Wildman–Crippen LogP) is 3.75. The van der Waals surface area contributed by atoms with E-state index < -0.39 is 0 Å². The number of piperidine rings is 1. The molecule has 1 amide bonds. The third-order valence-electron chi connectivity index (χ3n) is 5.16. The fourth-order valence-corrected chi connectivity index (χ4v) is 3.68. The van der Waals surface area contributed by atoms with Crippen LogP contribution in [0.25, 0.3) is 0 Å². The molecule has 0 spiro atoms. The van der Waals surface area contributed by atoms with Crippen LogP contribution in [0.15, 0.2) is 42.5 Å². The Kier molecular flexibility index (Phi) is 6.91. The molecule has 0 aromatic heterocycles. The van der Waals surface area contributed by atoms with Gasteiger partial charge in [0.1, 0.15) is 5.75 Å². The lowest BCUT2D eigenvalue weighted by Gasteiger charge is -2.31. The van der Waals surface area contributed by atoms with Crippen molar-refractivity contribution in [3.8, 4) is 11.8 Å². The number of carbonyl (C=O) groups is 1. The van der Waals surface area contributed by atoms with Gasteiger partial charge in [-0.1, -0.05) is 29.8 Å². The van der Waals surface area contributed by atoms with E-state index in [1.807, 2.05) is 12.1 Å². The highest BCUT2D eigenvalue weighted by molar-refractivity contribution is 6.31. The van der Waals surface area contributed by atoms with Crippen molar-refractivity contribution in [2.75, 3.05) is 20.2 Å². The minimum Gasteiger partial charge on any atom is -0.497 e. The molecule has 1 aliphatic rings. The lowest BCUT2D eigenvalue weighted by molar-refractivity contribution is -0.126. The quantitative estimate of drug-likeness (QED) is 0.806. The summed E-state index contributed by atoms with van der Waals surface area (Å²) in [6, 6.07) is 15.3. The molecule has 0 bridgehead atoms. The molecule has 6 heteroatoms. The molecule has 1 heterocycles. The largest absolute Gasteiger partial charge is 0.497 e. The number of nitrogens with one attached hydrogen (secondary N) is 1. The van der Waals surface area contributed by atoms with Gasteiger partial charge in [-0.3, -0.25) is 9.69 Å². The van der Waals surface area contributed by atoms with Gasteiger partial charge >= 0.3 is 0 Å². The zero-order valence-electron chi connectivity index (χ0n) is 16.0. The third kappa shape index (κ3) is 5.25. The highest BCUT2D eigenvalue weighted by Gasteiger charge is 2.24. The van der Waals surface area contributed by atoms with Gasteiger partial charge in [0.05, 0.1) is 18.7 Å². The molecule has 2 aromatic rings. The first-order chi connectivity index (χ1) is 13.6. The maximum atomic E-state index is 12.5. The Morgan fingerprint density at radius 3 is 2.57 bits per heavy atom. The molecule has 146 valence electrons. The van der Waals surface area contributed by atoms with Crippen molar-refractivity contribution >= 4 is 17.5 Å². The Morgan fingerprint density at radius 2 is 1.96 bits per heavy atom. The third-order valence-corrected chi connectivity index (χ3v) is 5.51. The molecule has 1 aliphatic heterocycles. The summed E-state index contributed by atoms with van der Waals surface area (Å²) in [6.45, 7) is 3.08. The summed E-state index contributed by atoms with van der Waals surface area (Å²) in [4.78, 5) is 14.9. The van der Waals surface area contributed by atoms with Gasteiger partial charge in [-0.15, -0.1) is 0 Å². The number of methoxy groups -OCH3 is 1. The predicted molar refractivity (Wildman–Crippen MR) is 109 cm³/mol. The molecular weight excluding hydrogens is 374 g/mol. The standard InChI is InChI=1S/C22H24ClN3O2/c1-28-20-6-3-16(4-7-20)15-26-10-8-18(9-11-26)22(27)25-14-19-5-2-17(13-24)12-21(19)23/h2-7,12,18H,8-11,14-15H2,1H3,(H,25,27). The second kappa shape index (κ2) is 9.59. The minimum absolute atomic E-state index is 0.0317. The summed E-state index contributed by atoms with van der Waals surface area (Å²) in [5, 5.41) is 12.4. The first kappa shape index (κ1) is 20.2. The van der Waals surface area contributed by atoms with Crippen molar-refractivity contribution in [3.63, 3.8) is 0 Å². The molecule has 1 fully saturated rings. The van der Waals surface area contributed by atoms with Crippen LogP contribution in [0.5, 0.6) is 5.75 Å². The van der Waals surface area contributed by atoms with Crippen molar-refractivity contribution in [2.24, 2.45) is 5.92 Å². The van der Waals surface area contributed by atoms with E-state index in [0.29, 0.717) is 17.1 Å². The molecule has 0 radical (unpaired) electrons. The summed E-state index contributed by atoms with van der Waals surface area (Å²) < 4.78 is 5.19. The maximum Gasteiger partial charge on any atom is 0.223 e.